The van der Waals surface area contributed by atoms with Crippen LogP contribution in [0, 0.1) is 10.1 Å². The first-order valence-electron chi connectivity index (χ1n) is 6.41. The SMILES string of the molecule is COc1cc(C2CC2[N+](=O)[O-])ccc1-c1nccn1C. The number of imidazole rings is 1. The molecule has 104 valence electrons. The van der Waals surface area contributed by atoms with Crippen molar-refractivity contribution in [1.82, 2.24) is 9.55 Å². The molecule has 0 amide bonds. The molecule has 0 radical (unpaired) electrons. The molecule has 0 bridgehead atoms. The molecule has 20 heavy (non-hydrogen) atoms. The Kier molecular flexibility index (Phi) is 2.93. The van der Waals surface area contributed by atoms with Gasteiger partial charge in [-0.25, -0.2) is 4.98 Å². The summed E-state index contributed by atoms with van der Waals surface area (Å²) < 4.78 is 7.33. The van der Waals surface area contributed by atoms with Crippen LogP contribution < -0.4 is 4.74 Å². The first-order valence-corrected chi connectivity index (χ1v) is 6.41. The lowest BCUT2D eigenvalue weighted by atomic mass is 10.1. The Morgan fingerprint density at radius 1 is 1.50 bits per heavy atom. The molecule has 1 saturated carbocycles. The minimum atomic E-state index is -0.446. The van der Waals surface area contributed by atoms with Gasteiger partial charge in [0, 0.05) is 30.8 Å². The van der Waals surface area contributed by atoms with Crippen LogP contribution in [0.25, 0.3) is 11.4 Å². The van der Waals surface area contributed by atoms with Gasteiger partial charge in [0.1, 0.15) is 11.6 Å². The zero-order valence-electron chi connectivity index (χ0n) is 11.3. The minimum Gasteiger partial charge on any atom is -0.496 e. The maximum atomic E-state index is 10.8. The summed E-state index contributed by atoms with van der Waals surface area (Å²) in [6.45, 7) is 0. The van der Waals surface area contributed by atoms with E-state index in [0.717, 1.165) is 17.0 Å². The highest BCUT2D eigenvalue weighted by molar-refractivity contribution is 5.65. The molecular formula is C14H15N3O3. The van der Waals surface area contributed by atoms with Crippen LogP contribution in [0.5, 0.6) is 5.75 Å². The van der Waals surface area contributed by atoms with Crippen molar-refractivity contribution in [3.05, 3.63) is 46.3 Å². The van der Waals surface area contributed by atoms with Crippen molar-refractivity contribution >= 4 is 0 Å². The molecule has 2 unspecified atom stereocenters. The summed E-state index contributed by atoms with van der Waals surface area (Å²) in [6.07, 6.45) is 4.20. The number of benzene rings is 1. The predicted octanol–water partition coefficient (Wildman–Crippen LogP) is 2.23. The van der Waals surface area contributed by atoms with Gasteiger partial charge in [-0.1, -0.05) is 6.07 Å². The maximum absolute atomic E-state index is 10.8. The Hall–Kier alpha value is -2.37. The topological polar surface area (TPSA) is 70.2 Å². The molecule has 0 N–H and O–H groups in total. The van der Waals surface area contributed by atoms with Crippen molar-refractivity contribution in [1.29, 1.82) is 0 Å². The number of nitrogens with zero attached hydrogens (tertiary/aromatic N) is 3. The molecule has 6 nitrogen and oxygen atoms in total. The Labute approximate surface area is 116 Å². The van der Waals surface area contributed by atoms with E-state index in [1.54, 1.807) is 13.3 Å². The first kappa shape index (κ1) is 12.7. The van der Waals surface area contributed by atoms with Gasteiger partial charge in [0.2, 0.25) is 6.04 Å². The second kappa shape index (κ2) is 4.63. The third kappa shape index (κ3) is 2.03. The van der Waals surface area contributed by atoms with Gasteiger partial charge < -0.3 is 9.30 Å². The van der Waals surface area contributed by atoms with Crippen LogP contribution in [0.3, 0.4) is 0 Å². The van der Waals surface area contributed by atoms with Gasteiger partial charge in [0.05, 0.1) is 18.6 Å². The number of hydrogen-bond acceptors (Lipinski definition) is 4. The van der Waals surface area contributed by atoms with E-state index in [1.165, 1.54) is 0 Å². The molecule has 1 fully saturated rings. The van der Waals surface area contributed by atoms with E-state index in [0.29, 0.717) is 12.2 Å². The molecule has 2 atom stereocenters. The molecule has 1 aliphatic carbocycles. The fraction of sp³-hybridized carbons (Fsp3) is 0.357. The summed E-state index contributed by atoms with van der Waals surface area (Å²) in [4.78, 5) is 14.9. The van der Waals surface area contributed by atoms with Crippen molar-refractivity contribution in [3.8, 4) is 17.1 Å². The van der Waals surface area contributed by atoms with Crippen molar-refractivity contribution in [3.63, 3.8) is 0 Å². The number of hydrogen-bond donors (Lipinski definition) is 0. The molecule has 2 aromatic rings. The Bertz CT molecular complexity index is 665. The second-order valence-corrected chi connectivity index (χ2v) is 5.02. The largest absolute Gasteiger partial charge is 0.496 e. The molecular weight excluding hydrogens is 258 g/mol. The Morgan fingerprint density at radius 3 is 2.85 bits per heavy atom. The van der Waals surface area contributed by atoms with E-state index in [-0.39, 0.29) is 10.8 Å². The van der Waals surface area contributed by atoms with E-state index >= 15 is 0 Å². The molecule has 1 aromatic carbocycles. The molecule has 3 rings (SSSR count). The van der Waals surface area contributed by atoms with Crippen LogP contribution in [0.15, 0.2) is 30.6 Å². The van der Waals surface area contributed by atoms with Crippen LogP contribution in [0.2, 0.25) is 0 Å². The fourth-order valence-electron chi connectivity index (χ4n) is 2.52. The minimum absolute atomic E-state index is 0.00863. The lowest BCUT2D eigenvalue weighted by Crippen LogP contribution is -2.03. The molecule has 1 heterocycles. The van der Waals surface area contributed by atoms with Crippen LogP contribution >= 0.6 is 0 Å². The first-order chi connectivity index (χ1) is 9.61. The Balaban J connectivity index is 1.95. The van der Waals surface area contributed by atoms with Gasteiger partial charge in [0.15, 0.2) is 0 Å². The molecule has 6 heteroatoms. The van der Waals surface area contributed by atoms with Crippen LogP contribution in [0.1, 0.15) is 17.9 Å². The van der Waals surface area contributed by atoms with E-state index in [4.69, 9.17) is 4.74 Å². The van der Waals surface area contributed by atoms with Crippen molar-refractivity contribution in [2.45, 2.75) is 18.4 Å². The summed E-state index contributed by atoms with van der Waals surface area (Å²) in [6, 6.07) is 5.30. The summed E-state index contributed by atoms with van der Waals surface area (Å²) >= 11 is 0. The molecule has 0 aliphatic heterocycles. The summed E-state index contributed by atoms with van der Waals surface area (Å²) in [5, 5.41) is 10.8. The number of ether oxygens (including phenoxy) is 1. The van der Waals surface area contributed by atoms with Crippen molar-refractivity contribution < 1.29 is 9.66 Å². The van der Waals surface area contributed by atoms with Gasteiger partial charge in [-0.05, 0) is 17.7 Å². The van der Waals surface area contributed by atoms with Gasteiger partial charge in [-0.15, -0.1) is 0 Å². The quantitative estimate of drug-likeness (QED) is 0.632. The van der Waals surface area contributed by atoms with Gasteiger partial charge in [-0.3, -0.25) is 10.1 Å². The third-order valence-electron chi connectivity index (χ3n) is 3.74. The standard InChI is InChI=1S/C14H15N3O3/c1-16-6-5-15-14(16)10-4-3-9(7-13(10)20-2)11-8-12(11)17(18)19/h3-7,11-12H,8H2,1-2H3. The van der Waals surface area contributed by atoms with Gasteiger partial charge >= 0.3 is 0 Å². The monoisotopic (exact) mass is 273 g/mol. The van der Waals surface area contributed by atoms with Crippen molar-refractivity contribution in [2.75, 3.05) is 7.11 Å². The second-order valence-electron chi connectivity index (χ2n) is 5.02. The van der Waals surface area contributed by atoms with E-state index in [9.17, 15) is 10.1 Å². The molecule has 0 saturated heterocycles. The zero-order valence-corrected chi connectivity index (χ0v) is 11.3. The lowest BCUT2D eigenvalue weighted by molar-refractivity contribution is -0.496. The number of nitro groups is 1. The highest BCUT2D eigenvalue weighted by Gasteiger charge is 2.49. The number of methoxy groups -OCH3 is 1. The smallest absolute Gasteiger partial charge is 0.221 e. The summed E-state index contributed by atoms with van der Waals surface area (Å²) in [7, 11) is 3.52. The van der Waals surface area contributed by atoms with Gasteiger partial charge in [-0.2, -0.15) is 0 Å². The maximum Gasteiger partial charge on any atom is 0.221 e. The van der Waals surface area contributed by atoms with Crippen LogP contribution in [-0.4, -0.2) is 27.6 Å². The van der Waals surface area contributed by atoms with E-state index < -0.39 is 6.04 Å². The average Bonchev–Trinajstić information content (AvgIpc) is 3.14. The van der Waals surface area contributed by atoms with Crippen LogP contribution in [-0.2, 0) is 7.05 Å². The lowest BCUT2D eigenvalue weighted by Gasteiger charge is -2.10. The number of aromatic nitrogens is 2. The van der Waals surface area contributed by atoms with E-state index in [1.807, 2.05) is 36.0 Å². The molecule has 1 aliphatic rings. The number of rotatable bonds is 4. The average molecular weight is 273 g/mol. The Morgan fingerprint density at radius 2 is 2.30 bits per heavy atom. The summed E-state index contributed by atoms with van der Waals surface area (Å²) in [5.74, 6) is 1.52. The zero-order chi connectivity index (χ0) is 14.3. The molecule has 0 spiro atoms. The van der Waals surface area contributed by atoms with Gasteiger partial charge in [0.25, 0.3) is 0 Å². The van der Waals surface area contributed by atoms with Crippen LogP contribution in [0.4, 0.5) is 0 Å². The predicted molar refractivity (Wildman–Crippen MR) is 73.3 cm³/mol. The number of aryl methyl sites for hydroxylation is 1. The normalized spacial score (nSPS) is 20.7. The van der Waals surface area contributed by atoms with E-state index in [2.05, 4.69) is 4.98 Å². The van der Waals surface area contributed by atoms with Crippen molar-refractivity contribution in [2.24, 2.45) is 7.05 Å². The third-order valence-corrected chi connectivity index (χ3v) is 3.74. The summed E-state index contributed by atoms with van der Waals surface area (Å²) in [5.41, 5.74) is 1.85. The highest BCUT2D eigenvalue weighted by Crippen LogP contribution is 2.44. The fourth-order valence-corrected chi connectivity index (χ4v) is 2.52. The molecule has 1 aromatic heterocycles. The highest BCUT2D eigenvalue weighted by atomic mass is 16.6.